The van der Waals surface area contributed by atoms with Crippen LogP contribution < -0.4 is 5.32 Å². The van der Waals surface area contributed by atoms with Crippen molar-refractivity contribution < 1.29 is 10.2 Å². The molecule has 0 radical (unpaired) electrons. The topological polar surface area (TPSA) is 68.6 Å². The second-order valence-electron chi connectivity index (χ2n) is 7.72. The SMILES string of the molecule is OCc1cc2ccccc2nc1NC1CCN(C2CCCCC2O)CC1. The molecule has 1 saturated carbocycles. The van der Waals surface area contributed by atoms with Gasteiger partial charge in [-0.3, -0.25) is 4.90 Å². The molecule has 0 spiro atoms. The van der Waals surface area contributed by atoms with Crippen LogP contribution in [0.3, 0.4) is 0 Å². The highest BCUT2D eigenvalue weighted by atomic mass is 16.3. The standard InChI is InChI=1S/C21H29N3O2/c25-14-16-13-15-5-1-2-6-18(15)23-21(16)22-17-9-11-24(12-10-17)19-7-3-4-8-20(19)26/h1-2,5-6,13,17,19-20,25-26H,3-4,7-12,14H2,(H,22,23). The molecular weight excluding hydrogens is 326 g/mol. The zero-order valence-corrected chi connectivity index (χ0v) is 15.3. The van der Waals surface area contributed by atoms with Crippen LogP contribution in [0.25, 0.3) is 10.9 Å². The summed E-state index contributed by atoms with van der Waals surface area (Å²) in [5, 5.41) is 24.7. The van der Waals surface area contributed by atoms with E-state index in [4.69, 9.17) is 4.98 Å². The van der Waals surface area contributed by atoms with E-state index in [9.17, 15) is 10.2 Å². The lowest BCUT2D eigenvalue weighted by molar-refractivity contribution is 0.00991. The molecule has 2 aromatic rings. The lowest BCUT2D eigenvalue weighted by atomic mass is 9.89. The van der Waals surface area contributed by atoms with E-state index in [1.54, 1.807) is 0 Å². The number of likely N-dealkylation sites (tertiary alicyclic amines) is 1. The van der Waals surface area contributed by atoms with Crippen LogP contribution in [0.1, 0.15) is 44.1 Å². The Kier molecular flexibility index (Phi) is 5.38. The first-order valence-electron chi connectivity index (χ1n) is 9.93. The molecule has 3 N–H and O–H groups in total. The Morgan fingerprint density at radius 1 is 1.08 bits per heavy atom. The van der Waals surface area contributed by atoms with Crippen molar-refractivity contribution in [2.45, 2.75) is 63.3 Å². The molecule has 2 heterocycles. The van der Waals surface area contributed by atoms with Gasteiger partial charge >= 0.3 is 0 Å². The smallest absolute Gasteiger partial charge is 0.132 e. The fraction of sp³-hybridized carbons (Fsp3) is 0.571. The first kappa shape index (κ1) is 17.7. The molecule has 2 fully saturated rings. The molecule has 1 saturated heterocycles. The Labute approximate surface area is 155 Å². The van der Waals surface area contributed by atoms with Gasteiger partial charge in [-0.25, -0.2) is 4.98 Å². The van der Waals surface area contributed by atoms with Crippen molar-refractivity contribution in [1.29, 1.82) is 0 Å². The molecule has 1 aromatic carbocycles. The van der Waals surface area contributed by atoms with Gasteiger partial charge in [-0.1, -0.05) is 31.0 Å². The highest BCUT2D eigenvalue weighted by Crippen LogP contribution is 2.28. The van der Waals surface area contributed by atoms with Gasteiger partial charge in [-0.2, -0.15) is 0 Å². The number of fused-ring (bicyclic) bond motifs is 1. The molecule has 26 heavy (non-hydrogen) atoms. The highest BCUT2D eigenvalue weighted by Gasteiger charge is 2.31. The van der Waals surface area contributed by atoms with Gasteiger partial charge in [0.15, 0.2) is 0 Å². The van der Waals surface area contributed by atoms with Crippen LogP contribution in [0.2, 0.25) is 0 Å². The predicted molar refractivity (Wildman–Crippen MR) is 104 cm³/mol. The number of nitrogens with one attached hydrogen (secondary N) is 1. The zero-order valence-electron chi connectivity index (χ0n) is 15.3. The normalized spacial score (nSPS) is 25.5. The van der Waals surface area contributed by atoms with E-state index in [0.717, 1.165) is 67.5 Å². The Balaban J connectivity index is 1.42. The molecule has 2 aliphatic rings. The number of aliphatic hydroxyl groups excluding tert-OH is 2. The summed E-state index contributed by atoms with van der Waals surface area (Å²) >= 11 is 0. The molecule has 1 aliphatic heterocycles. The third kappa shape index (κ3) is 3.70. The van der Waals surface area contributed by atoms with Gasteiger partial charge in [-0.05, 0) is 37.8 Å². The first-order valence-corrected chi connectivity index (χ1v) is 9.93. The summed E-state index contributed by atoms with van der Waals surface area (Å²) in [5.74, 6) is 0.808. The molecule has 5 nitrogen and oxygen atoms in total. The number of aliphatic hydroxyl groups is 2. The maximum atomic E-state index is 10.3. The Hall–Kier alpha value is -1.69. The summed E-state index contributed by atoms with van der Waals surface area (Å²) in [7, 11) is 0. The van der Waals surface area contributed by atoms with Gasteiger partial charge in [0.1, 0.15) is 5.82 Å². The van der Waals surface area contributed by atoms with Crippen molar-refractivity contribution >= 4 is 16.7 Å². The van der Waals surface area contributed by atoms with Crippen LogP contribution >= 0.6 is 0 Å². The van der Waals surface area contributed by atoms with Gasteiger partial charge < -0.3 is 15.5 Å². The first-order chi connectivity index (χ1) is 12.7. The fourth-order valence-electron chi connectivity index (χ4n) is 4.49. The van der Waals surface area contributed by atoms with E-state index in [-0.39, 0.29) is 12.7 Å². The van der Waals surface area contributed by atoms with Crippen molar-refractivity contribution in [3.05, 3.63) is 35.9 Å². The summed E-state index contributed by atoms with van der Waals surface area (Å²) in [6.07, 6.45) is 6.40. The third-order valence-electron chi connectivity index (χ3n) is 6.01. The summed E-state index contributed by atoms with van der Waals surface area (Å²) in [4.78, 5) is 7.21. The van der Waals surface area contributed by atoms with E-state index < -0.39 is 0 Å². The van der Waals surface area contributed by atoms with E-state index in [1.807, 2.05) is 30.3 Å². The van der Waals surface area contributed by atoms with Crippen molar-refractivity contribution in [3.8, 4) is 0 Å². The number of hydrogen-bond acceptors (Lipinski definition) is 5. The minimum absolute atomic E-state index is 0.00667. The van der Waals surface area contributed by atoms with E-state index in [1.165, 1.54) is 6.42 Å². The Bertz CT molecular complexity index is 743. The molecule has 1 aromatic heterocycles. The number of hydrogen-bond donors (Lipinski definition) is 3. The van der Waals surface area contributed by atoms with Gasteiger partial charge in [0.25, 0.3) is 0 Å². The monoisotopic (exact) mass is 355 g/mol. The third-order valence-corrected chi connectivity index (χ3v) is 6.01. The maximum absolute atomic E-state index is 10.3. The average Bonchev–Trinajstić information content (AvgIpc) is 2.68. The number of anilines is 1. The summed E-state index contributed by atoms with van der Waals surface area (Å²) in [6, 6.07) is 10.8. The lowest BCUT2D eigenvalue weighted by Gasteiger charge is -2.41. The number of piperidine rings is 1. The van der Waals surface area contributed by atoms with Crippen LogP contribution in [0, 0.1) is 0 Å². The Morgan fingerprint density at radius 3 is 2.62 bits per heavy atom. The van der Waals surface area contributed by atoms with Crippen LogP contribution in [0.5, 0.6) is 0 Å². The highest BCUT2D eigenvalue weighted by molar-refractivity contribution is 5.81. The van der Waals surface area contributed by atoms with Crippen LogP contribution in [0.15, 0.2) is 30.3 Å². The number of aromatic nitrogens is 1. The molecule has 2 atom stereocenters. The minimum atomic E-state index is -0.156. The molecular formula is C21H29N3O2. The van der Waals surface area contributed by atoms with Gasteiger partial charge in [0, 0.05) is 36.1 Å². The number of nitrogens with zero attached hydrogens (tertiary/aromatic N) is 2. The summed E-state index contributed by atoms with van der Waals surface area (Å²) < 4.78 is 0. The zero-order chi connectivity index (χ0) is 17.9. The van der Waals surface area contributed by atoms with Crippen LogP contribution in [0.4, 0.5) is 5.82 Å². The van der Waals surface area contributed by atoms with Crippen molar-refractivity contribution in [2.24, 2.45) is 0 Å². The molecule has 2 unspecified atom stereocenters. The van der Waals surface area contributed by atoms with Gasteiger partial charge in [0.2, 0.25) is 0 Å². The fourth-order valence-corrected chi connectivity index (χ4v) is 4.49. The van der Waals surface area contributed by atoms with Crippen molar-refractivity contribution in [3.63, 3.8) is 0 Å². The maximum Gasteiger partial charge on any atom is 0.132 e. The summed E-state index contributed by atoms with van der Waals surface area (Å²) in [5.41, 5.74) is 1.81. The Morgan fingerprint density at radius 2 is 1.85 bits per heavy atom. The van der Waals surface area contributed by atoms with E-state index in [2.05, 4.69) is 10.2 Å². The van der Waals surface area contributed by atoms with Crippen LogP contribution in [-0.2, 0) is 6.61 Å². The van der Waals surface area contributed by atoms with Gasteiger partial charge in [0.05, 0.1) is 18.2 Å². The number of benzene rings is 1. The van der Waals surface area contributed by atoms with Crippen molar-refractivity contribution in [2.75, 3.05) is 18.4 Å². The second-order valence-corrected chi connectivity index (χ2v) is 7.72. The molecule has 0 bridgehead atoms. The quantitative estimate of drug-likeness (QED) is 0.787. The molecule has 1 aliphatic carbocycles. The largest absolute Gasteiger partial charge is 0.392 e. The van der Waals surface area contributed by atoms with E-state index in [0.29, 0.717) is 12.1 Å². The number of rotatable bonds is 4. The lowest BCUT2D eigenvalue weighted by Crippen LogP contribution is -2.50. The van der Waals surface area contributed by atoms with Crippen molar-refractivity contribution in [1.82, 2.24) is 9.88 Å². The summed E-state index contributed by atoms with van der Waals surface area (Å²) in [6.45, 7) is 2.02. The minimum Gasteiger partial charge on any atom is -0.392 e. The average molecular weight is 355 g/mol. The molecule has 140 valence electrons. The van der Waals surface area contributed by atoms with Gasteiger partial charge in [-0.15, -0.1) is 0 Å². The predicted octanol–water partition coefficient (Wildman–Crippen LogP) is 2.91. The van der Waals surface area contributed by atoms with Crippen LogP contribution in [-0.4, -0.2) is 51.4 Å². The second kappa shape index (κ2) is 7.91. The van der Waals surface area contributed by atoms with E-state index >= 15 is 0 Å². The molecule has 0 amide bonds. The molecule has 5 heteroatoms. The molecule has 4 rings (SSSR count). The number of para-hydroxylation sites is 1. The number of pyridine rings is 1.